The van der Waals surface area contributed by atoms with Crippen LogP contribution in [0.15, 0.2) is 79.1 Å². The van der Waals surface area contributed by atoms with Gasteiger partial charge < -0.3 is 9.84 Å². The van der Waals surface area contributed by atoms with E-state index in [-0.39, 0.29) is 10.8 Å². The van der Waals surface area contributed by atoms with Gasteiger partial charge in [0.15, 0.2) is 0 Å². The molecule has 0 saturated heterocycles. The largest absolute Gasteiger partial charge is 0.504 e. The van der Waals surface area contributed by atoms with Crippen molar-refractivity contribution in [1.82, 2.24) is 0 Å². The average Bonchev–Trinajstić information content (AvgIpc) is 2.76. The van der Waals surface area contributed by atoms with E-state index in [2.05, 4.69) is 77.9 Å². The summed E-state index contributed by atoms with van der Waals surface area (Å²) in [5.74, 6) is 0. The van der Waals surface area contributed by atoms with E-state index in [0.29, 0.717) is 0 Å². The molecule has 32 heavy (non-hydrogen) atoms. The van der Waals surface area contributed by atoms with E-state index in [1.807, 2.05) is 36.4 Å². The molecule has 3 aromatic carbocycles. The highest BCUT2D eigenvalue weighted by molar-refractivity contribution is 5.81. The second-order valence-corrected chi connectivity index (χ2v) is 10.5. The number of aliphatic hydroxyl groups excluding tert-OH is 1. The molecule has 0 aliphatic heterocycles. The van der Waals surface area contributed by atoms with Crippen LogP contribution in [0.3, 0.4) is 0 Å². The van der Waals surface area contributed by atoms with Crippen LogP contribution < -0.4 is 0 Å². The highest BCUT2D eigenvalue weighted by Crippen LogP contribution is 2.34. The summed E-state index contributed by atoms with van der Waals surface area (Å²) in [6, 6.07) is 24.9. The average molecular weight is 429 g/mol. The minimum Gasteiger partial charge on any atom is -0.504 e. The van der Waals surface area contributed by atoms with Crippen LogP contribution in [0.1, 0.15) is 81.0 Å². The van der Waals surface area contributed by atoms with E-state index in [1.54, 1.807) is 13.4 Å². The van der Waals surface area contributed by atoms with Crippen LogP contribution in [0.2, 0.25) is 0 Å². The summed E-state index contributed by atoms with van der Waals surface area (Å²) in [6.45, 7) is 13.2. The maximum Gasteiger partial charge on any atom is 0.105 e. The number of aliphatic hydroxyl groups is 1. The number of hydrogen-bond acceptors (Lipinski definition) is 2. The smallest absolute Gasteiger partial charge is 0.105 e. The minimum atomic E-state index is -0.727. The van der Waals surface area contributed by atoms with Crippen molar-refractivity contribution >= 4 is 5.57 Å². The molecule has 1 N–H and O–H groups in total. The van der Waals surface area contributed by atoms with E-state index in [4.69, 9.17) is 4.74 Å². The van der Waals surface area contributed by atoms with Gasteiger partial charge in [0.25, 0.3) is 0 Å². The first-order valence-electron chi connectivity index (χ1n) is 11.2. The van der Waals surface area contributed by atoms with Crippen molar-refractivity contribution < 1.29 is 9.84 Å². The predicted molar refractivity (Wildman–Crippen MR) is 135 cm³/mol. The van der Waals surface area contributed by atoms with Crippen molar-refractivity contribution in [3.8, 4) is 0 Å². The Morgan fingerprint density at radius 1 is 0.750 bits per heavy atom. The van der Waals surface area contributed by atoms with Crippen LogP contribution in [-0.2, 0) is 15.6 Å². The van der Waals surface area contributed by atoms with Crippen LogP contribution >= 0.6 is 0 Å². The molecule has 3 rings (SSSR count). The Bertz CT molecular complexity index is 1060. The number of benzene rings is 3. The number of methoxy groups -OCH3 is 1. The molecule has 2 heteroatoms. The highest BCUT2D eigenvalue weighted by atomic mass is 16.5. The topological polar surface area (TPSA) is 29.5 Å². The van der Waals surface area contributed by atoms with Gasteiger partial charge >= 0.3 is 0 Å². The molecule has 0 bridgehead atoms. The Labute approximate surface area is 193 Å². The predicted octanol–water partition coefficient (Wildman–Crippen LogP) is 7.40. The first kappa shape index (κ1) is 23.8. The molecule has 0 amide bonds. The van der Waals surface area contributed by atoms with Crippen LogP contribution in [0.4, 0.5) is 0 Å². The van der Waals surface area contributed by atoms with E-state index in [9.17, 15) is 5.11 Å². The summed E-state index contributed by atoms with van der Waals surface area (Å²) in [5.41, 5.74) is 7.42. The Morgan fingerprint density at radius 2 is 1.25 bits per heavy atom. The lowest BCUT2D eigenvalue weighted by Crippen LogP contribution is -2.11. The molecule has 0 spiro atoms. The zero-order chi connectivity index (χ0) is 23.5. The SMILES string of the molecule is CO/C=C(\c1ccc(C(C)(C)C)cc1)c1ccccc1C(O)c1ccc(C(C)(C)C)cc1. The van der Waals surface area contributed by atoms with E-state index in [0.717, 1.165) is 27.8 Å². The maximum absolute atomic E-state index is 11.3. The van der Waals surface area contributed by atoms with Crippen LogP contribution in [0.25, 0.3) is 5.57 Å². The normalized spacial score (nSPS) is 13.7. The van der Waals surface area contributed by atoms with Crippen molar-refractivity contribution in [2.75, 3.05) is 7.11 Å². The fourth-order valence-corrected chi connectivity index (χ4v) is 3.88. The van der Waals surface area contributed by atoms with Gasteiger partial charge in [-0.2, -0.15) is 0 Å². The molecular weight excluding hydrogens is 392 g/mol. The molecule has 2 nitrogen and oxygen atoms in total. The van der Waals surface area contributed by atoms with Crippen molar-refractivity contribution in [2.45, 2.75) is 58.5 Å². The first-order chi connectivity index (χ1) is 15.0. The van der Waals surface area contributed by atoms with E-state index >= 15 is 0 Å². The molecule has 0 fully saturated rings. The monoisotopic (exact) mass is 428 g/mol. The maximum atomic E-state index is 11.3. The van der Waals surface area contributed by atoms with Gasteiger partial charge in [0.2, 0.25) is 0 Å². The molecule has 3 aromatic rings. The van der Waals surface area contributed by atoms with Crippen LogP contribution in [0.5, 0.6) is 0 Å². The zero-order valence-electron chi connectivity index (χ0n) is 20.4. The van der Waals surface area contributed by atoms with Crippen LogP contribution in [0, 0.1) is 0 Å². The van der Waals surface area contributed by atoms with Gasteiger partial charge in [-0.15, -0.1) is 0 Å². The van der Waals surface area contributed by atoms with Crippen molar-refractivity contribution in [2.24, 2.45) is 0 Å². The Hall–Kier alpha value is -2.84. The van der Waals surface area contributed by atoms with Gasteiger partial charge in [-0.3, -0.25) is 0 Å². The van der Waals surface area contributed by atoms with Crippen LogP contribution in [-0.4, -0.2) is 12.2 Å². The second kappa shape index (κ2) is 9.34. The Morgan fingerprint density at radius 3 is 1.75 bits per heavy atom. The summed E-state index contributed by atoms with van der Waals surface area (Å²) in [4.78, 5) is 0. The summed E-state index contributed by atoms with van der Waals surface area (Å²) in [6.07, 6.45) is 1.04. The lowest BCUT2D eigenvalue weighted by atomic mass is 9.84. The third-order valence-corrected chi connectivity index (χ3v) is 5.94. The molecule has 1 unspecified atom stereocenters. The third-order valence-electron chi connectivity index (χ3n) is 5.94. The quantitative estimate of drug-likeness (QED) is 0.429. The Balaban J connectivity index is 2.02. The zero-order valence-corrected chi connectivity index (χ0v) is 20.4. The van der Waals surface area contributed by atoms with Crippen molar-refractivity contribution in [3.63, 3.8) is 0 Å². The number of ether oxygens (including phenoxy) is 1. The molecule has 168 valence electrons. The standard InChI is InChI=1S/C30H36O2/c1-29(2,3)23-16-12-21(13-17-23)27(20-32-7)25-10-8-9-11-26(25)28(31)22-14-18-24(19-15-22)30(4,5)6/h8-20,28,31H,1-7H3/b27-20+. The molecule has 0 aromatic heterocycles. The van der Waals surface area contributed by atoms with Gasteiger partial charge in [-0.25, -0.2) is 0 Å². The molecule has 0 heterocycles. The summed E-state index contributed by atoms with van der Waals surface area (Å²) in [7, 11) is 1.66. The molecule has 0 aliphatic carbocycles. The van der Waals surface area contributed by atoms with Gasteiger partial charge in [0.1, 0.15) is 6.10 Å². The fourth-order valence-electron chi connectivity index (χ4n) is 3.88. The first-order valence-corrected chi connectivity index (χ1v) is 11.2. The molecular formula is C30H36O2. The summed E-state index contributed by atoms with van der Waals surface area (Å²) >= 11 is 0. The summed E-state index contributed by atoms with van der Waals surface area (Å²) in [5, 5.41) is 11.3. The van der Waals surface area contributed by atoms with Gasteiger partial charge in [0, 0.05) is 5.57 Å². The van der Waals surface area contributed by atoms with E-state index in [1.165, 1.54) is 11.1 Å². The number of rotatable bonds is 5. The lowest BCUT2D eigenvalue weighted by molar-refractivity contribution is 0.220. The highest BCUT2D eigenvalue weighted by Gasteiger charge is 2.20. The van der Waals surface area contributed by atoms with Gasteiger partial charge in [-0.1, -0.05) is 114 Å². The molecule has 0 radical (unpaired) electrons. The summed E-state index contributed by atoms with van der Waals surface area (Å²) < 4.78 is 5.46. The van der Waals surface area contributed by atoms with Gasteiger partial charge in [0.05, 0.1) is 13.4 Å². The van der Waals surface area contributed by atoms with Crippen molar-refractivity contribution in [1.29, 1.82) is 0 Å². The molecule has 1 atom stereocenters. The molecule has 0 aliphatic rings. The Kier molecular flexibility index (Phi) is 6.95. The fraction of sp³-hybridized carbons (Fsp3) is 0.333. The lowest BCUT2D eigenvalue weighted by Gasteiger charge is -2.22. The number of hydrogen-bond donors (Lipinski definition) is 1. The second-order valence-electron chi connectivity index (χ2n) is 10.5. The minimum absolute atomic E-state index is 0.0784. The molecule has 0 saturated carbocycles. The van der Waals surface area contributed by atoms with E-state index < -0.39 is 6.10 Å². The van der Waals surface area contributed by atoms with Gasteiger partial charge in [-0.05, 0) is 44.2 Å². The van der Waals surface area contributed by atoms with Crippen molar-refractivity contribution in [3.05, 3.63) is 112 Å². The third kappa shape index (κ3) is 5.31.